The van der Waals surface area contributed by atoms with Gasteiger partial charge in [-0.3, -0.25) is 4.79 Å². The number of amides is 1. The van der Waals surface area contributed by atoms with Crippen LogP contribution >= 0.6 is 46.4 Å². The molecule has 0 spiro atoms. The smallest absolute Gasteiger partial charge is 0.258 e. The van der Waals surface area contributed by atoms with Crippen molar-refractivity contribution in [2.45, 2.75) is 16.7 Å². The molecule has 8 nitrogen and oxygen atoms in total. The molecule has 14 heteroatoms. The van der Waals surface area contributed by atoms with Gasteiger partial charge in [0.25, 0.3) is 20.0 Å². The molecule has 192 valence electrons. The fraction of sp³-hybridized carbons (Fsp3) is 0.136. The van der Waals surface area contributed by atoms with Crippen LogP contribution in [0, 0.1) is 6.92 Å². The summed E-state index contributed by atoms with van der Waals surface area (Å²) in [4.78, 5) is 11.8. The summed E-state index contributed by atoms with van der Waals surface area (Å²) in [6.45, 7) is 0.603. The molecule has 0 saturated carbocycles. The van der Waals surface area contributed by atoms with Crippen molar-refractivity contribution in [1.82, 2.24) is 3.71 Å². The normalized spacial score (nSPS) is 12.0. The number of aryl methyl sites for hydroxylation is 1. The fourth-order valence-electron chi connectivity index (χ4n) is 3.09. The third-order valence-electron chi connectivity index (χ3n) is 4.78. The molecule has 3 rings (SSSR count). The van der Waals surface area contributed by atoms with Crippen molar-refractivity contribution >= 4 is 78.0 Å². The molecule has 0 bridgehead atoms. The predicted octanol–water partition coefficient (Wildman–Crippen LogP) is 5.64. The van der Waals surface area contributed by atoms with Crippen LogP contribution in [0.1, 0.15) is 5.56 Å². The van der Waals surface area contributed by atoms with E-state index >= 15 is 0 Å². The summed E-state index contributed by atoms with van der Waals surface area (Å²) < 4.78 is 59.6. The van der Waals surface area contributed by atoms with Crippen molar-refractivity contribution in [3.05, 3.63) is 80.3 Å². The van der Waals surface area contributed by atoms with Gasteiger partial charge in [0.2, 0.25) is 5.91 Å². The van der Waals surface area contributed by atoms with E-state index in [9.17, 15) is 21.6 Å². The number of nitrogens with zero attached hydrogens (tertiary/aromatic N) is 1. The molecule has 1 amide bonds. The van der Waals surface area contributed by atoms with Crippen LogP contribution in [0.5, 0.6) is 5.75 Å². The van der Waals surface area contributed by atoms with E-state index in [1.165, 1.54) is 31.4 Å². The number of halogens is 4. The van der Waals surface area contributed by atoms with Crippen molar-refractivity contribution in [1.29, 1.82) is 0 Å². The topological polar surface area (TPSA) is 110 Å². The number of hydrogen-bond acceptors (Lipinski definition) is 6. The molecular formula is C22H18Cl4N2O6S2. The number of sulfonamides is 2. The number of carbonyl (C=O) groups excluding carboxylic acids is 1. The largest absolute Gasteiger partial charge is 0.495 e. The molecule has 0 atom stereocenters. The van der Waals surface area contributed by atoms with Crippen LogP contribution in [0.3, 0.4) is 0 Å². The summed E-state index contributed by atoms with van der Waals surface area (Å²) in [6, 6.07) is 11.9. The Morgan fingerprint density at radius 1 is 0.833 bits per heavy atom. The lowest BCUT2D eigenvalue weighted by molar-refractivity contribution is -0.115. The standard InChI is InChI=1S/C22H18Cl4N2O6S2/c1-13-3-8-19(34-2)18(9-13)27-22(29)12-28(35(30,31)20-10-14(23)4-6-16(20)25)36(32,33)21-11-15(24)5-7-17(21)26/h3-11H,12H2,1-2H3,(H,27,29). The monoisotopic (exact) mass is 610 g/mol. The van der Waals surface area contributed by atoms with Crippen LogP contribution < -0.4 is 10.1 Å². The number of hydrogen-bond donors (Lipinski definition) is 1. The Labute approximate surface area is 228 Å². The van der Waals surface area contributed by atoms with Crippen LogP contribution in [0.25, 0.3) is 0 Å². The molecule has 0 radical (unpaired) electrons. The van der Waals surface area contributed by atoms with Crippen LogP contribution in [0.15, 0.2) is 64.4 Å². The van der Waals surface area contributed by atoms with Gasteiger partial charge in [0.1, 0.15) is 22.1 Å². The molecule has 36 heavy (non-hydrogen) atoms. The first kappa shape index (κ1) is 28.5. The summed E-state index contributed by atoms with van der Waals surface area (Å²) in [7, 11) is -8.55. The fourth-order valence-corrected chi connectivity index (χ4v) is 8.10. The maximum absolute atomic E-state index is 13.6. The lowest BCUT2D eigenvalue weighted by Crippen LogP contribution is -2.42. The van der Waals surface area contributed by atoms with E-state index in [-0.39, 0.29) is 35.2 Å². The van der Waals surface area contributed by atoms with E-state index in [4.69, 9.17) is 51.1 Å². The third-order valence-corrected chi connectivity index (χ3v) is 10.4. The molecular weight excluding hydrogens is 594 g/mol. The third kappa shape index (κ3) is 6.08. The van der Waals surface area contributed by atoms with Gasteiger partial charge in [0.05, 0.1) is 22.8 Å². The van der Waals surface area contributed by atoms with Crippen LogP contribution in [-0.4, -0.2) is 40.1 Å². The SMILES string of the molecule is COc1ccc(C)cc1NC(=O)CN(S(=O)(=O)c1cc(Cl)ccc1Cl)S(=O)(=O)c1cc(Cl)ccc1Cl. The van der Waals surface area contributed by atoms with Gasteiger partial charge in [0.15, 0.2) is 0 Å². The first-order valence-electron chi connectivity index (χ1n) is 9.90. The van der Waals surface area contributed by atoms with Gasteiger partial charge in [-0.15, -0.1) is 0 Å². The summed E-state index contributed by atoms with van der Waals surface area (Å²) in [5.74, 6) is -0.704. The summed E-state index contributed by atoms with van der Waals surface area (Å²) in [6.07, 6.45) is 0. The minimum absolute atomic E-state index is 0.00725. The zero-order chi connectivity index (χ0) is 26.8. The van der Waals surface area contributed by atoms with Crippen molar-refractivity contribution in [2.75, 3.05) is 19.0 Å². The molecule has 0 aliphatic carbocycles. The van der Waals surface area contributed by atoms with Gasteiger partial charge in [-0.2, -0.15) is 0 Å². The molecule has 3 aromatic carbocycles. The molecule has 3 aromatic rings. The molecule has 1 N–H and O–H groups in total. The van der Waals surface area contributed by atoms with E-state index in [1.807, 2.05) is 0 Å². The van der Waals surface area contributed by atoms with Gasteiger partial charge in [-0.05, 0) is 61.0 Å². The van der Waals surface area contributed by atoms with Gasteiger partial charge in [-0.1, -0.05) is 56.2 Å². The Balaban J connectivity index is 2.15. The predicted molar refractivity (Wildman–Crippen MR) is 140 cm³/mol. The highest BCUT2D eigenvalue weighted by atomic mass is 35.5. The number of rotatable bonds is 8. The number of benzene rings is 3. The first-order chi connectivity index (χ1) is 16.8. The molecule has 0 heterocycles. The average Bonchev–Trinajstić information content (AvgIpc) is 2.80. The van der Waals surface area contributed by atoms with E-state index in [0.29, 0.717) is 0 Å². The second kappa shape index (κ2) is 11.1. The Hall–Kier alpha value is -2.05. The lowest BCUT2D eigenvalue weighted by Gasteiger charge is -2.23. The Kier molecular flexibility index (Phi) is 8.82. The van der Waals surface area contributed by atoms with Crippen molar-refractivity contribution < 1.29 is 26.4 Å². The Bertz CT molecular complexity index is 1460. The van der Waals surface area contributed by atoms with Crippen LogP contribution in [0.2, 0.25) is 20.1 Å². The first-order valence-corrected chi connectivity index (χ1v) is 14.3. The summed E-state index contributed by atoms with van der Waals surface area (Å²) >= 11 is 24.0. The number of ether oxygens (including phenoxy) is 1. The van der Waals surface area contributed by atoms with Crippen LogP contribution in [-0.2, 0) is 24.8 Å². The zero-order valence-corrected chi connectivity index (χ0v) is 23.3. The van der Waals surface area contributed by atoms with Gasteiger partial charge < -0.3 is 10.1 Å². The number of nitrogens with one attached hydrogen (secondary N) is 1. The Morgan fingerprint density at radius 2 is 1.33 bits per heavy atom. The molecule has 0 fully saturated rings. The van der Waals surface area contributed by atoms with E-state index in [2.05, 4.69) is 5.32 Å². The number of methoxy groups -OCH3 is 1. The second-order valence-corrected chi connectivity index (χ2v) is 12.9. The average molecular weight is 612 g/mol. The van der Waals surface area contributed by atoms with Gasteiger partial charge in [0, 0.05) is 10.0 Å². The maximum atomic E-state index is 13.6. The van der Waals surface area contributed by atoms with E-state index in [0.717, 1.165) is 17.7 Å². The summed E-state index contributed by atoms with van der Waals surface area (Å²) in [5, 5.41) is 1.82. The maximum Gasteiger partial charge on any atom is 0.258 e. The van der Waals surface area contributed by atoms with Crippen LogP contribution in [0.4, 0.5) is 5.69 Å². The molecule has 0 aromatic heterocycles. The highest BCUT2D eigenvalue weighted by Crippen LogP contribution is 2.34. The van der Waals surface area contributed by atoms with Gasteiger partial charge >= 0.3 is 0 Å². The lowest BCUT2D eigenvalue weighted by atomic mass is 10.2. The minimum Gasteiger partial charge on any atom is -0.495 e. The van der Waals surface area contributed by atoms with Crippen molar-refractivity contribution in [3.63, 3.8) is 0 Å². The molecule has 0 aliphatic rings. The van der Waals surface area contributed by atoms with Crippen molar-refractivity contribution in [3.8, 4) is 5.75 Å². The number of carbonyl (C=O) groups is 1. The molecule has 0 saturated heterocycles. The highest BCUT2D eigenvalue weighted by Gasteiger charge is 2.40. The van der Waals surface area contributed by atoms with Gasteiger partial charge in [-0.25, -0.2) is 16.8 Å². The molecule has 0 unspecified atom stereocenters. The number of anilines is 1. The van der Waals surface area contributed by atoms with E-state index < -0.39 is 42.3 Å². The highest BCUT2D eigenvalue weighted by molar-refractivity contribution is 8.04. The Morgan fingerprint density at radius 3 is 1.81 bits per heavy atom. The van der Waals surface area contributed by atoms with Crippen molar-refractivity contribution in [2.24, 2.45) is 0 Å². The summed E-state index contributed by atoms with van der Waals surface area (Å²) in [5.41, 5.74) is 0.971. The minimum atomic E-state index is -4.97. The second-order valence-electron chi connectivity index (χ2n) is 7.34. The quantitative estimate of drug-likeness (QED) is 0.353. The van der Waals surface area contributed by atoms with E-state index in [1.54, 1.807) is 25.1 Å². The molecule has 0 aliphatic heterocycles. The zero-order valence-electron chi connectivity index (χ0n) is 18.6.